The lowest BCUT2D eigenvalue weighted by molar-refractivity contribution is -0.134. The molecule has 0 unspecified atom stereocenters. The normalized spacial score (nSPS) is 10.6. The minimum atomic E-state index is -0.706. The predicted molar refractivity (Wildman–Crippen MR) is 107 cm³/mol. The molecule has 1 amide bonds. The lowest BCUT2D eigenvalue weighted by Gasteiger charge is -2.15. The summed E-state index contributed by atoms with van der Waals surface area (Å²) in [7, 11) is 1.59. The van der Waals surface area contributed by atoms with Crippen molar-refractivity contribution >= 4 is 29.3 Å². The average molecular weight is 415 g/mol. The van der Waals surface area contributed by atoms with Crippen LogP contribution in [-0.2, 0) is 16.1 Å². The molecule has 29 heavy (non-hydrogen) atoms. The summed E-state index contributed by atoms with van der Waals surface area (Å²) >= 11 is 5.89. The molecular weight excluding hydrogens is 396 g/mol. The number of ether oxygens (including phenoxy) is 1. The van der Waals surface area contributed by atoms with Crippen LogP contribution in [0.4, 0.5) is 0 Å². The second kappa shape index (κ2) is 8.79. The first kappa shape index (κ1) is 20.4. The smallest absolute Gasteiger partial charge is 0.355 e. The van der Waals surface area contributed by atoms with Gasteiger partial charge in [-0.2, -0.15) is 0 Å². The number of nitrogens with zero attached hydrogens (tertiary/aromatic N) is 1. The largest absolute Gasteiger partial charge is 0.459 e. The molecule has 0 saturated carbocycles. The van der Waals surface area contributed by atoms with Gasteiger partial charge in [-0.15, -0.1) is 0 Å². The van der Waals surface area contributed by atoms with Crippen LogP contribution in [-0.4, -0.2) is 41.2 Å². The molecule has 7 nitrogen and oxygen atoms in total. The molecular formula is C21H19ClN2O5. The second-order valence-electron chi connectivity index (χ2n) is 6.46. The van der Waals surface area contributed by atoms with E-state index in [1.165, 1.54) is 24.1 Å². The number of aromatic amines is 1. The van der Waals surface area contributed by atoms with E-state index in [9.17, 15) is 14.4 Å². The number of rotatable bonds is 7. The topological polar surface area (TPSA) is 92.6 Å². The lowest BCUT2D eigenvalue weighted by atomic mass is 10.2. The molecule has 0 radical (unpaired) electrons. The Balaban J connectivity index is 1.53. The third kappa shape index (κ3) is 5.14. The van der Waals surface area contributed by atoms with Crippen molar-refractivity contribution in [3.63, 3.8) is 0 Å². The van der Waals surface area contributed by atoms with Gasteiger partial charge < -0.3 is 19.0 Å². The Hall–Kier alpha value is -3.32. The van der Waals surface area contributed by atoms with E-state index in [1.807, 2.05) is 18.2 Å². The van der Waals surface area contributed by atoms with Crippen LogP contribution in [0.2, 0.25) is 5.02 Å². The number of carbonyl (C=O) groups excluding carboxylic acids is 3. The van der Waals surface area contributed by atoms with Gasteiger partial charge in [0.25, 0.3) is 5.91 Å². The number of Topliss-reactive ketones (excluding diaryl/α,β-unsaturated/α-hetero) is 1. The number of likely N-dealkylation sites (N-methyl/N-ethyl adjacent to an activating group) is 1. The summed E-state index contributed by atoms with van der Waals surface area (Å²) < 4.78 is 10.8. The molecule has 0 atom stereocenters. The third-order valence-corrected chi connectivity index (χ3v) is 4.50. The minimum Gasteiger partial charge on any atom is -0.459 e. The number of amides is 1. The van der Waals surface area contributed by atoms with Crippen molar-refractivity contribution in [2.75, 3.05) is 13.7 Å². The van der Waals surface area contributed by atoms with Crippen LogP contribution in [0.1, 0.15) is 33.5 Å². The van der Waals surface area contributed by atoms with Crippen molar-refractivity contribution in [2.45, 2.75) is 13.5 Å². The van der Waals surface area contributed by atoms with Crippen molar-refractivity contribution in [1.82, 2.24) is 9.88 Å². The number of ketones is 1. The van der Waals surface area contributed by atoms with Crippen LogP contribution in [0.5, 0.6) is 0 Å². The molecule has 8 heteroatoms. The zero-order valence-corrected chi connectivity index (χ0v) is 16.7. The second-order valence-corrected chi connectivity index (χ2v) is 6.89. The highest BCUT2D eigenvalue weighted by Gasteiger charge is 2.17. The van der Waals surface area contributed by atoms with E-state index in [0.29, 0.717) is 22.1 Å². The van der Waals surface area contributed by atoms with Crippen molar-refractivity contribution in [1.29, 1.82) is 0 Å². The van der Waals surface area contributed by atoms with E-state index in [4.69, 9.17) is 20.8 Å². The Bertz CT molecular complexity index is 1040. The fourth-order valence-electron chi connectivity index (χ4n) is 2.58. The number of aromatic nitrogens is 1. The molecule has 0 saturated heterocycles. The van der Waals surface area contributed by atoms with E-state index in [0.717, 1.165) is 5.56 Å². The van der Waals surface area contributed by atoms with Crippen LogP contribution in [0.25, 0.3) is 11.3 Å². The Morgan fingerprint density at radius 1 is 1.14 bits per heavy atom. The molecule has 3 rings (SSSR count). The number of esters is 1. The Morgan fingerprint density at radius 3 is 2.52 bits per heavy atom. The van der Waals surface area contributed by atoms with Gasteiger partial charge >= 0.3 is 5.97 Å². The molecule has 2 aromatic heterocycles. The van der Waals surface area contributed by atoms with Crippen LogP contribution < -0.4 is 0 Å². The number of carbonyl (C=O) groups is 3. The summed E-state index contributed by atoms with van der Waals surface area (Å²) in [4.78, 5) is 39.5. The molecule has 2 heterocycles. The monoisotopic (exact) mass is 414 g/mol. The Kier molecular flexibility index (Phi) is 6.19. The van der Waals surface area contributed by atoms with Crippen molar-refractivity contribution in [3.8, 4) is 11.3 Å². The van der Waals surface area contributed by atoms with Gasteiger partial charge in [-0.1, -0.05) is 11.6 Å². The van der Waals surface area contributed by atoms with E-state index in [2.05, 4.69) is 4.98 Å². The van der Waals surface area contributed by atoms with Crippen LogP contribution in [0.15, 0.2) is 53.1 Å². The Morgan fingerprint density at radius 2 is 1.86 bits per heavy atom. The van der Waals surface area contributed by atoms with Gasteiger partial charge in [-0.05, 0) is 49.4 Å². The molecule has 0 fully saturated rings. The first-order chi connectivity index (χ1) is 13.8. The number of nitrogens with one attached hydrogen (secondary N) is 1. The highest BCUT2D eigenvalue weighted by atomic mass is 35.5. The summed E-state index contributed by atoms with van der Waals surface area (Å²) in [6.07, 6.45) is 1.42. The summed E-state index contributed by atoms with van der Waals surface area (Å²) in [6.45, 7) is 1.19. The van der Waals surface area contributed by atoms with Gasteiger partial charge in [-0.3, -0.25) is 9.59 Å². The van der Waals surface area contributed by atoms with Crippen molar-refractivity contribution in [3.05, 3.63) is 70.7 Å². The zero-order valence-electron chi connectivity index (χ0n) is 15.9. The van der Waals surface area contributed by atoms with E-state index in [-0.39, 0.29) is 23.9 Å². The van der Waals surface area contributed by atoms with Crippen molar-refractivity contribution < 1.29 is 23.5 Å². The molecule has 1 N–H and O–H groups in total. The highest BCUT2D eigenvalue weighted by molar-refractivity contribution is 6.30. The average Bonchev–Trinajstić information content (AvgIpc) is 3.36. The maximum absolute atomic E-state index is 12.2. The fourth-order valence-corrected chi connectivity index (χ4v) is 2.71. The van der Waals surface area contributed by atoms with E-state index in [1.54, 1.807) is 25.2 Å². The molecule has 3 aromatic rings. The van der Waals surface area contributed by atoms with Gasteiger partial charge in [0.1, 0.15) is 17.2 Å². The highest BCUT2D eigenvalue weighted by Crippen LogP contribution is 2.24. The SMILES string of the molecule is CC(=O)c1c[nH]c(C(=O)OCC(=O)N(C)Cc2ccc(-c3ccc(Cl)cc3)o2)c1. The van der Waals surface area contributed by atoms with E-state index < -0.39 is 12.6 Å². The predicted octanol–water partition coefficient (Wildman–Crippen LogP) is 3.95. The quantitative estimate of drug-likeness (QED) is 0.467. The summed E-state index contributed by atoms with van der Waals surface area (Å²) in [5.41, 5.74) is 1.36. The fraction of sp³-hybridized carbons (Fsp3) is 0.190. The third-order valence-electron chi connectivity index (χ3n) is 4.25. The molecule has 0 spiro atoms. The molecule has 0 aliphatic carbocycles. The number of furan rings is 1. The number of hydrogen-bond acceptors (Lipinski definition) is 5. The maximum Gasteiger partial charge on any atom is 0.355 e. The van der Waals surface area contributed by atoms with Crippen LogP contribution >= 0.6 is 11.6 Å². The van der Waals surface area contributed by atoms with Crippen LogP contribution in [0.3, 0.4) is 0 Å². The molecule has 1 aromatic carbocycles. The van der Waals surface area contributed by atoms with Gasteiger partial charge in [0.2, 0.25) is 0 Å². The Labute approximate surface area is 172 Å². The molecule has 0 aliphatic heterocycles. The first-order valence-electron chi connectivity index (χ1n) is 8.78. The summed E-state index contributed by atoms with van der Waals surface area (Å²) in [6, 6.07) is 12.2. The molecule has 0 bridgehead atoms. The van der Waals surface area contributed by atoms with Gasteiger partial charge in [-0.25, -0.2) is 4.79 Å². The lowest BCUT2D eigenvalue weighted by Crippen LogP contribution is -2.30. The molecule has 150 valence electrons. The number of hydrogen-bond donors (Lipinski definition) is 1. The number of halogens is 1. The maximum atomic E-state index is 12.2. The zero-order chi connectivity index (χ0) is 21.0. The van der Waals surface area contributed by atoms with Gasteiger partial charge in [0.15, 0.2) is 12.4 Å². The first-order valence-corrected chi connectivity index (χ1v) is 9.16. The number of H-pyrrole nitrogens is 1. The van der Waals surface area contributed by atoms with Gasteiger partial charge in [0, 0.05) is 29.4 Å². The standard InChI is InChI=1S/C21H19ClN2O5/c1-13(25)15-9-18(23-10-15)21(27)28-12-20(26)24(2)11-17-7-8-19(29-17)14-3-5-16(22)6-4-14/h3-10,23H,11-12H2,1-2H3. The molecule has 0 aliphatic rings. The summed E-state index contributed by atoms with van der Waals surface area (Å²) in [5.74, 6) is -0.0134. The number of benzene rings is 1. The van der Waals surface area contributed by atoms with Crippen LogP contribution in [0, 0.1) is 0 Å². The van der Waals surface area contributed by atoms with Crippen molar-refractivity contribution in [2.24, 2.45) is 0 Å². The van der Waals surface area contributed by atoms with Gasteiger partial charge in [0.05, 0.1) is 6.54 Å². The minimum absolute atomic E-state index is 0.115. The van der Waals surface area contributed by atoms with E-state index >= 15 is 0 Å². The summed E-state index contributed by atoms with van der Waals surface area (Å²) in [5, 5.41) is 0.636.